The van der Waals surface area contributed by atoms with Crippen molar-refractivity contribution in [2.75, 3.05) is 33.5 Å². The van der Waals surface area contributed by atoms with E-state index in [2.05, 4.69) is 50.6 Å². The summed E-state index contributed by atoms with van der Waals surface area (Å²) in [6, 6.07) is 16.4. The van der Waals surface area contributed by atoms with Crippen LogP contribution in [0.15, 0.2) is 53.4 Å². The molecular formula is C20H27N2O2S+. The molecule has 0 saturated carbocycles. The molecule has 1 amide bonds. The van der Waals surface area contributed by atoms with Crippen molar-refractivity contribution in [3.8, 4) is 5.75 Å². The topological polar surface area (TPSA) is 42.8 Å². The number of benzene rings is 2. The normalized spacial score (nSPS) is 12.0. The van der Waals surface area contributed by atoms with Crippen LogP contribution in [0, 0.1) is 6.92 Å². The Labute approximate surface area is 154 Å². The molecule has 0 radical (unpaired) electrons. The Morgan fingerprint density at radius 3 is 2.44 bits per heavy atom. The highest BCUT2D eigenvalue weighted by molar-refractivity contribution is 8.00. The summed E-state index contributed by atoms with van der Waals surface area (Å²) in [6.45, 7) is 2.68. The van der Waals surface area contributed by atoms with E-state index >= 15 is 0 Å². The maximum atomic E-state index is 12.2. The number of amides is 1. The average molecular weight is 360 g/mol. The van der Waals surface area contributed by atoms with Crippen LogP contribution in [-0.4, -0.2) is 39.4 Å². The first-order valence-corrected chi connectivity index (χ1v) is 9.39. The largest absolute Gasteiger partial charge is 0.497 e. The van der Waals surface area contributed by atoms with Crippen molar-refractivity contribution >= 4 is 17.7 Å². The first-order chi connectivity index (χ1) is 12.0. The van der Waals surface area contributed by atoms with Gasteiger partial charge in [0.1, 0.15) is 11.8 Å². The van der Waals surface area contributed by atoms with E-state index in [1.54, 1.807) is 18.9 Å². The lowest BCUT2D eigenvalue weighted by Gasteiger charge is -2.22. The smallest absolute Gasteiger partial charge is 0.230 e. The molecule has 2 rings (SSSR count). The summed E-state index contributed by atoms with van der Waals surface area (Å²) in [5, 5.41) is 3.07. The Morgan fingerprint density at radius 2 is 1.84 bits per heavy atom. The minimum absolute atomic E-state index is 0.0630. The monoisotopic (exact) mass is 359 g/mol. The zero-order valence-electron chi connectivity index (χ0n) is 15.3. The van der Waals surface area contributed by atoms with Gasteiger partial charge in [-0.05, 0) is 42.8 Å². The number of carbonyl (C=O) groups excluding carboxylic acids is 1. The highest BCUT2D eigenvalue weighted by atomic mass is 32.2. The SMILES string of the molecule is COc1ccc([C@H](CNC(=O)CSc2ccccc2C)[NH+](C)C)cc1. The van der Waals surface area contributed by atoms with Gasteiger partial charge in [-0.15, -0.1) is 11.8 Å². The van der Waals surface area contributed by atoms with E-state index in [4.69, 9.17) is 4.74 Å². The van der Waals surface area contributed by atoms with Crippen LogP contribution >= 0.6 is 11.8 Å². The lowest BCUT2D eigenvalue weighted by atomic mass is 10.1. The fourth-order valence-electron chi connectivity index (χ4n) is 2.62. The van der Waals surface area contributed by atoms with Crippen LogP contribution < -0.4 is 15.0 Å². The highest BCUT2D eigenvalue weighted by Gasteiger charge is 2.19. The van der Waals surface area contributed by atoms with Crippen molar-refractivity contribution in [1.29, 1.82) is 0 Å². The predicted octanol–water partition coefficient (Wildman–Crippen LogP) is 2.10. The molecule has 0 aliphatic rings. The lowest BCUT2D eigenvalue weighted by Crippen LogP contribution is -3.07. The maximum Gasteiger partial charge on any atom is 0.230 e. The average Bonchev–Trinajstić information content (AvgIpc) is 2.61. The third-order valence-electron chi connectivity index (χ3n) is 4.17. The lowest BCUT2D eigenvalue weighted by molar-refractivity contribution is -0.890. The van der Waals surface area contributed by atoms with E-state index in [0.717, 1.165) is 10.6 Å². The second kappa shape index (κ2) is 9.49. The number of aryl methyl sites for hydroxylation is 1. The van der Waals surface area contributed by atoms with Gasteiger partial charge < -0.3 is 15.0 Å². The number of hydrogen-bond donors (Lipinski definition) is 2. The van der Waals surface area contributed by atoms with E-state index in [9.17, 15) is 4.79 Å². The standard InChI is InChI=1S/C20H26N2O2S/c1-15-7-5-6-8-19(15)25-14-20(23)21-13-18(22(2)3)16-9-11-17(24-4)12-10-16/h5-12,18H,13-14H2,1-4H3,(H,21,23)/p+1/t18-/m0/s1. The Morgan fingerprint density at radius 1 is 1.16 bits per heavy atom. The van der Waals surface area contributed by atoms with Gasteiger partial charge in [0.25, 0.3) is 0 Å². The molecule has 2 N–H and O–H groups in total. The van der Waals surface area contributed by atoms with Gasteiger partial charge in [-0.3, -0.25) is 4.79 Å². The molecule has 0 aliphatic heterocycles. The Balaban J connectivity index is 1.89. The first kappa shape index (κ1) is 19.3. The Kier molecular flexibility index (Phi) is 7.34. The molecule has 0 fully saturated rings. The van der Waals surface area contributed by atoms with Crippen molar-refractivity contribution < 1.29 is 14.4 Å². The van der Waals surface area contributed by atoms with Crippen LogP contribution in [-0.2, 0) is 4.79 Å². The molecule has 4 nitrogen and oxygen atoms in total. The van der Waals surface area contributed by atoms with Gasteiger partial charge in [0, 0.05) is 10.5 Å². The molecule has 0 saturated heterocycles. The zero-order chi connectivity index (χ0) is 18.2. The van der Waals surface area contributed by atoms with Crippen molar-refractivity contribution in [1.82, 2.24) is 5.32 Å². The van der Waals surface area contributed by atoms with E-state index in [1.165, 1.54) is 16.0 Å². The summed E-state index contributed by atoms with van der Waals surface area (Å²) in [7, 11) is 5.86. The molecule has 0 bridgehead atoms. The minimum Gasteiger partial charge on any atom is -0.497 e. The van der Waals surface area contributed by atoms with Gasteiger partial charge in [-0.2, -0.15) is 0 Å². The van der Waals surface area contributed by atoms with E-state index in [-0.39, 0.29) is 11.9 Å². The number of rotatable bonds is 8. The summed E-state index contributed by atoms with van der Waals surface area (Å²) in [4.78, 5) is 14.7. The number of likely N-dealkylation sites (N-methyl/N-ethyl adjacent to an activating group) is 1. The minimum atomic E-state index is 0.0630. The van der Waals surface area contributed by atoms with Crippen LogP contribution in [0.4, 0.5) is 0 Å². The van der Waals surface area contributed by atoms with Crippen LogP contribution in [0.5, 0.6) is 5.75 Å². The van der Waals surface area contributed by atoms with Gasteiger partial charge in [0.05, 0.1) is 33.5 Å². The zero-order valence-corrected chi connectivity index (χ0v) is 16.2. The molecule has 2 aromatic carbocycles. The van der Waals surface area contributed by atoms with Crippen molar-refractivity contribution in [2.45, 2.75) is 17.9 Å². The molecule has 134 valence electrons. The number of ether oxygens (including phenoxy) is 1. The van der Waals surface area contributed by atoms with Crippen molar-refractivity contribution in [3.63, 3.8) is 0 Å². The number of quaternary nitrogens is 1. The quantitative estimate of drug-likeness (QED) is 0.710. The van der Waals surface area contributed by atoms with Gasteiger partial charge >= 0.3 is 0 Å². The first-order valence-electron chi connectivity index (χ1n) is 8.40. The van der Waals surface area contributed by atoms with Gasteiger partial charge in [-0.1, -0.05) is 18.2 Å². The number of thioether (sulfide) groups is 1. The Bertz CT molecular complexity index is 686. The third-order valence-corrected chi connectivity index (χ3v) is 5.35. The number of hydrogen-bond acceptors (Lipinski definition) is 3. The summed E-state index contributed by atoms with van der Waals surface area (Å²) in [6.07, 6.45) is 0. The van der Waals surface area contributed by atoms with Crippen LogP contribution in [0.25, 0.3) is 0 Å². The summed E-state index contributed by atoms with van der Waals surface area (Å²) >= 11 is 1.58. The summed E-state index contributed by atoms with van der Waals surface area (Å²) in [5.41, 5.74) is 2.39. The number of carbonyl (C=O) groups is 1. The predicted molar refractivity (Wildman–Crippen MR) is 103 cm³/mol. The van der Waals surface area contributed by atoms with Crippen molar-refractivity contribution in [3.05, 3.63) is 59.7 Å². The fraction of sp³-hybridized carbons (Fsp3) is 0.350. The molecule has 0 aromatic heterocycles. The molecule has 2 aromatic rings. The summed E-state index contributed by atoms with van der Waals surface area (Å²) < 4.78 is 5.21. The molecular weight excluding hydrogens is 332 g/mol. The summed E-state index contributed by atoms with van der Waals surface area (Å²) in [5.74, 6) is 1.34. The number of nitrogens with one attached hydrogen (secondary N) is 2. The fourth-order valence-corrected chi connectivity index (χ4v) is 3.48. The molecule has 0 heterocycles. The molecule has 0 spiro atoms. The molecule has 0 aliphatic carbocycles. The van der Waals surface area contributed by atoms with E-state index in [1.807, 2.05) is 24.3 Å². The molecule has 5 heteroatoms. The maximum absolute atomic E-state index is 12.2. The van der Waals surface area contributed by atoms with Crippen molar-refractivity contribution in [2.24, 2.45) is 0 Å². The van der Waals surface area contributed by atoms with Crippen LogP contribution in [0.1, 0.15) is 17.2 Å². The van der Waals surface area contributed by atoms with E-state index < -0.39 is 0 Å². The second-order valence-electron chi connectivity index (χ2n) is 6.26. The number of methoxy groups -OCH3 is 1. The van der Waals surface area contributed by atoms with E-state index in [0.29, 0.717) is 12.3 Å². The van der Waals surface area contributed by atoms with Gasteiger partial charge in [0.2, 0.25) is 5.91 Å². The third kappa shape index (κ3) is 5.80. The van der Waals surface area contributed by atoms with Gasteiger partial charge in [-0.25, -0.2) is 0 Å². The van der Waals surface area contributed by atoms with Gasteiger partial charge in [0.15, 0.2) is 0 Å². The van der Waals surface area contributed by atoms with Crippen LogP contribution in [0.2, 0.25) is 0 Å². The molecule has 25 heavy (non-hydrogen) atoms. The molecule has 0 unspecified atom stereocenters. The highest BCUT2D eigenvalue weighted by Crippen LogP contribution is 2.21. The second-order valence-corrected chi connectivity index (χ2v) is 7.28. The molecule has 1 atom stereocenters. The Hall–Kier alpha value is -1.98. The van der Waals surface area contributed by atoms with Crippen LogP contribution in [0.3, 0.4) is 0 Å².